The molecule has 0 amide bonds. The molecular weight excluding hydrogens is 451 g/mol. The molecule has 0 saturated carbocycles. The maximum Gasteiger partial charge on any atom is 0.243 e. The van der Waals surface area contributed by atoms with Crippen LogP contribution in [0.1, 0.15) is 24.3 Å². The summed E-state index contributed by atoms with van der Waals surface area (Å²) in [5, 5.41) is 10.2. The molecule has 3 aromatic rings. The van der Waals surface area contributed by atoms with Crippen LogP contribution in [-0.4, -0.2) is 61.1 Å². The first-order valence-corrected chi connectivity index (χ1v) is 13.2. The molecule has 5 nitrogen and oxygen atoms in total. The highest BCUT2D eigenvalue weighted by Crippen LogP contribution is 2.43. The summed E-state index contributed by atoms with van der Waals surface area (Å²) in [6, 6.07) is 23.5. The Kier molecular flexibility index (Phi) is 6.53. The molecule has 0 spiro atoms. The van der Waals surface area contributed by atoms with Crippen LogP contribution in [0.25, 0.3) is 11.1 Å². The molecule has 2 fully saturated rings. The molecule has 0 unspecified atom stereocenters. The molecule has 178 valence electrons. The summed E-state index contributed by atoms with van der Waals surface area (Å²) in [6.07, 6.45) is 1.61. The van der Waals surface area contributed by atoms with Gasteiger partial charge in [0.25, 0.3) is 0 Å². The van der Waals surface area contributed by atoms with Gasteiger partial charge in [0, 0.05) is 31.1 Å². The van der Waals surface area contributed by atoms with Gasteiger partial charge in [-0.2, -0.15) is 4.31 Å². The molecule has 2 aliphatic rings. The molecule has 2 aliphatic heterocycles. The van der Waals surface area contributed by atoms with Crippen LogP contribution in [0.2, 0.25) is 0 Å². The Morgan fingerprint density at radius 1 is 0.853 bits per heavy atom. The second-order valence-electron chi connectivity index (χ2n) is 9.09. The molecule has 2 heterocycles. The number of fused-ring (bicyclic) bond motifs is 1. The van der Waals surface area contributed by atoms with Crippen LogP contribution >= 0.6 is 0 Å². The van der Waals surface area contributed by atoms with Crippen LogP contribution in [0.15, 0.2) is 83.8 Å². The van der Waals surface area contributed by atoms with E-state index in [2.05, 4.69) is 41.3 Å². The molecule has 1 N–H and O–H groups in total. The van der Waals surface area contributed by atoms with Gasteiger partial charge in [-0.3, -0.25) is 4.90 Å². The summed E-state index contributed by atoms with van der Waals surface area (Å²) < 4.78 is 41.7. The molecule has 3 atom stereocenters. The molecule has 5 rings (SSSR count). The Bertz CT molecular complexity index is 1220. The van der Waals surface area contributed by atoms with Crippen LogP contribution in [-0.2, 0) is 10.0 Å². The van der Waals surface area contributed by atoms with Crippen molar-refractivity contribution in [3.05, 3.63) is 90.2 Å². The van der Waals surface area contributed by atoms with E-state index in [1.54, 1.807) is 0 Å². The van der Waals surface area contributed by atoms with E-state index in [0.717, 1.165) is 36.1 Å². The maximum absolute atomic E-state index is 13.4. The van der Waals surface area contributed by atoms with Gasteiger partial charge >= 0.3 is 0 Å². The lowest BCUT2D eigenvalue weighted by Gasteiger charge is -2.57. The van der Waals surface area contributed by atoms with Crippen molar-refractivity contribution in [2.75, 3.05) is 26.2 Å². The second-order valence-corrected chi connectivity index (χ2v) is 11.0. The average Bonchev–Trinajstić information content (AvgIpc) is 2.84. The summed E-state index contributed by atoms with van der Waals surface area (Å²) in [5.74, 6) is -0.416. The van der Waals surface area contributed by atoms with Crippen LogP contribution < -0.4 is 0 Å². The first-order valence-electron chi connectivity index (χ1n) is 11.8. The lowest BCUT2D eigenvalue weighted by Crippen LogP contribution is -2.67. The van der Waals surface area contributed by atoms with E-state index < -0.39 is 15.8 Å². The highest BCUT2D eigenvalue weighted by Gasteiger charge is 2.50. The van der Waals surface area contributed by atoms with Crippen LogP contribution in [0.5, 0.6) is 0 Å². The van der Waals surface area contributed by atoms with Gasteiger partial charge in [-0.1, -0.05) is 54.6 Å². The third kappa shape index (κ3) is 4.29. The van der Waals surface area contributed by atoms with Gasteiger partial charge in [0.05, 0.1) is 11.5 Å². The second kappa shape index (κ2) is 9.58. The third-order valence-corrected chi connectivity index (χ3v) is 9.07. The number of aliphatic hydroxyl groups excluding tert-OH is 1. The fourth-order valence-electron chi connectivity index (χ4n) is 5.41. The Morgan fingerprint density at radius 3 is 2.18 bits per heavy atom. The maximum atomic E-state index is 13.4. The molecule has 0 aromatic heterocycles. The van der Waals surface area contributed by atoms with Gasteiger partial charge in [0.15, 0.2) is 0 Å². The SMILES string of the molecule is O=S(=O)(c1ccc(F)cc1)N1CCCCN2[C@H](CO)[C@@H](c3ccc(-c4ccccc4)cc3)[C@@H]2C1. The first kappa shape index (κ1) is 23.2. The number of benzene rings is 3. The monoisotopic (exact) mass is 480 g/mol. The number of rotatable bonds is 5. The number of nitrogens with zero attached hydrogens (tertiary/aromatic N) is 2. The Balaban J connectivity index is 1.42. The lowest BCUT2D eigenvalue weighted by atomic mass is 9.74. The highest BCUT2D eigenvalue weighted by atomic mass is 32.2. The van der Waals surface area contributed by atoms with E-state index in [0.29, 0.717) is 13.1 Å². The van der Waals surface area contributed by atoms with E-state index >= 15 is 0 Å². The zero-order valence-corrected chi connectivity index (χ0v) is 19.7. The van der Waals surface area contributed by atoms with Crippen molar-refractivity contribution in [1.29, 1.82) is 0 Å². The predicted octanol–water partition coefficient (Wildman–Crippen LogP) is 4.11. The van der Waals surface area contributed by atoms with Gasteiger partial charge < -0.3 is 5.11 Å². The Morgan fingerprint density at radius 2 is 1.50 bits per heavy atom. The predicted molar refractivity (Wildman–Crippen MR) is 130 cm³/mol. The van der Waals surface area contributed by atoms with E-state index in [1.165, 1.54) is 28.6 Å². The minimum absolute atomic E-state index is 0.0183. The summed E-state index contributed by atoms with van der Waals surface area (Å²) in [5.41, 5.74) is 3.38. The van der Waals surface area contributed by atoms with Crippen LogP contribution in [0.4, 0.5) is 4.39 Å². The van der Waals surface area contributed by atoms with Crippen molar-refractivity contribution in [3.8, 4) is 11.1 Å². The zero-order chi connectivity index (χ0) is 23.7. The van der Waals surface area contributed by atoms with Crippen LogP contribution in [0.3, 0.4) is 0 Å². The van der Waals surface area contributed by atoms with Crippen molar-refractivity contribution in [1.82, 2.24) is 9.21 Å². The van der Waals surface area contributed by atoms with E-state index in [4.69, 9.17) is 0 Å². The quantitative estimate of drug-likeness (QED) is 0.597. The van der Waals surface area contributed by atoms with E-state index in [9.17, 15) is 17.9 Å². The van der Waals surface area contributed by atoms with Gasteiger partial charge in [-0.05, 0) is 60.3 Å². The number of hydrogen-bond donors (Lipinski definition) is 1. The van der Waals surface area contributed by atoms with Crippen molar-refractivity contribution in [3.63, 3.8) is 0 Å². The van der Waals surface area contributed by atoms with Crippen molar-refractivity contribution < 1.29 is 17.9 Å². The molecule has 34 heavy (non-hydrogen) atoms. The summed E-state index contributed by atoms with van der Waals surface area (Å²) in [6.45, 7) is 1.67. The number of sulfonamides is 1. The molecule has 0 bridgehead atoms. The number of hydrogen-bond acceptors (Lipinski definition) is 4. The van der Waals surface area contributed by atoms with Gasteiger partial charge in [-0.25, -0.2) is 12.8 Å². The zero-order valence-electron chi connectivity index (χ0n) is 18.9. The summed E-state index contributed by atoms with van der Waals surface area (Å²) >= 11 is 0. The van der Waals surface area contributed by atoms with Gasteiger partial charge in [-0.15, -0.1) is 0 Å². The Labute approximate surface area is 200 Å². The van der Waals surface area contributed by atoms with Crippen molar-refractivity contribution in [2.24, 2.45) is 0 Å². The minimum Gasteiger partial charge on any atom is -0.395 e. The molecular formula is C27H29FN2O3S. The van der Waals surface area contributed by atoms with E-state index in [-0.39, 0.29) is 29.5 Å². The Hall–Kier alpha value is -2.58. The number of halogens is 1. The van der Waals surface area contributed by atoms with Gasteiger partial charge in [0.1, 0.15) is 5.82 Å². The summed E-state index contributed by atoms with van der Waals surface area (Å²) in [7, 11) is -3.74. The van der Waals surface area contributed by atoms with E-state index in [1.807, 2.05) is 18.2 Å². The smallest absolute Gasteiger partial charge is 0.243 e. The molecule has 0 radical (unpaired) electrons. The lowest BCUT2D eigenvalue weighted by molar-refractivity contribution is -0.0553. The fraction of sp³-hybridized carbons (Fsp3) is 0.333. The number of aliphatic hydroxyl groups is 1. The summed E-state index contributed by atoms with van der Waals surface area (Å²) in [4.78, 5) is 2.37. The third-order valence-electron chi connectivity index (χ3n) is 7.19. The van der Waals surface area contributed by atoms with Crippen molar-refractivity contribution in [2.45, 2.75) is 35.7 Å². The molecule has 0 aliphatic carbocycles. The normalized spacial score (nSPS) is 24.0. The van der Waals surface area contributed by atoms with Gasteiger partial charge in [0.2, 0.25) is 10.0 Å². The highest BCUT2D eigenvalue weighted by molar-refractivity contribution is 7.89. The largest absolute Gasteiger partial charge is 0.395 e. The fourth-order valence-corrected chi connectivity index (χ4v) is 6.91. The first-order chi connectivity index (χ1) is 16.5. The standard InChI is InChI=1S/C27H29FN2O3S/c28-23-12-14-24(15-13-23)34(32,33)29-16-4-5-17-30-25(18-29)27(26(30)19-31)22-10-8-21(9-11-22)20-6-2-1-3-7-20/h1-3,6-15,25-27,31H,4-5,16-19H2/t25-,26+,27-/m0/s1. The molecule has 3 aromatic carbocycles. The van der Waals surface area contributed by atoms with Crippen LogP contribution in [0, 0.1) is 5.82 Å². The molecule has 2 saturated heterocycles. The van der Waals surface area contributed by atoms with Crippen molar-refractivity contribution >= 4 is 10.0 Å². The molecule has 7 heteroatoms. The average molecular weight is 481 g/mol. The topological polar surface area (TPSA) is 60.9 Å². The minimum atomic E-state index is -3.74.